The third-order valence-electron chi connectivity index (χ3n) is 5.67. The molecule has 0 spiro atoms. The van der Waals surface area contributed by atoms with E-state index in [4.69, 9.17) is 4.74 Å². The highest BCUT2D eigenvalue weighted by atomic mass is 19.1. The molecule has 34 heavy (non-hydrogen) atoms. The predicted molar refractivity (Wildman–Crippen MR) is 131 cm³/mol. The van der Waals surface area contributed by atoms with Crippen molar-refractivity contribution < 1.29 is 18.7 Å². The number of rotatable bonds is 7. The van der Waals surface area contributed by atoms with Gasteiger partial charge in [-0.3, -0.25) is 4.79 Å². The van der Waals surface area contributed by atoms with Crippen LogP contribution in [0.4, 0.5) is 10.1 Å². The van der Waals surface area contributed by atoms with Crippen molar-refractivity contribution in [3.05, 3.63) is 95.3 Å². The number of fused-ring (bicyclic) bond motifs is 1. The first-order valence-electron chi connectivity index (χ1n) is 11.2. The van der Waals surface area contributed by atoms with Crippen molar-refractivity contribution >= 4 is 28.5 Å². The quantitative estimate of drug-likeness (QED) is 0.348. The van der Waals surface area contributed by atoms with Gasteiger partial charge in [-0.25, -0.2) is 14.2 Å². The number of carbonyl (C=O) groups excluding carboxylic acids is 2. The fourth-order valence-electron chi connectivity index (χ4n) is 3.90. The van der Waals surface area contributed by atoms with Gasteiger partial charge in [0.05, 0.1) is 16.8 Å². The van der Waals surface area contributed by atoms with E-state index in [-0.39, 0.29) is 5.82 Å². The van der Waals surface area contributed by atoms with Gasteiger partial charge in [-0.15, -0.1) is 0 Å². The van der Waals surface area contributed by atoms with Gasteiger partial charge in [-0.1, -0.05) is 50.2 Å². The van der Waals surface area contributed by atoms with E-state index in [1.165, 1.54) is 12.1 Å². The smallest absolute Gasteiger partial charge is 0.339 e. The number of nitrogens with one attached hydrogen (secondary N) is 1. The molecule has 4 rings (SSSR count). The number of halogens is 1. The molecular weight excluding hydrogens is 431 g/mol. The van der Waals surface area contributed by atoms with Crippen LogP contribution in [0.1, 0.15) is 35.3 Å². The van der Waals surface area contributed by atoms with E-state index in [1.807, 2.05) is 38.1 Å². The van der Waals surface area contributed by atoms with Crippen LogP contribution in [0, 0.1) is 5.82 Å². The summed E-state index contributed by atoms with van der Waals surface area (Å²) in [6.07, 6.45) is 1.55. The normalized spacial score (nSPS) is 10.8. The Morgan fingerprint density at radius 2 is 1.59 bits per heavy atom. The molecule has 1 N–H and O–H groups in total. The molecular formula is C28H25FN2O3. The number of para-hydroxylation sites is 2. The lowest BCUT2D eigenvalue weighted by molar-refractivity contribution is -0.119. The van der Waals surface area contributed by atoms with Crippen LogP contribution in [0.15, 0.2) is 72.8 Å². The number of aryl methyl sites for hydroxylation is 2. The van der Waals surface area contributed by atoms with E-state index in [9.17, 15) is 14.0 Å². The Morgan fingerprint density at radius 1 is 0.912 bits per heavy atom. The van der Waals surface area contributed by atoms with Crippen LogP contribution < -0.4 is 5.32 Å². The van der Waals surface area contributed by atoms with Gasteiger partial charge in [0.25, 0.3) is 5.91 Å². The number of amides is 1. The SMILES string of the molecule is CCc1cccc(CC)c1NC(=O)COC(=O)c1cc(-c2ccc(F)cc2)nc2ccccc12. The third kappa shape index (κ3) is 4.96. The molecule has 0 fully saturated rings. The molecule has 0 bridgehead atoms. The highest BCUT2D eigenvalue weighted by molar-refractivity contribution is 6.05. The molecule has 0 saturated heterocycles. The number of esters is 1. The summed E-state index contributed by atoms with van der Waals surface area (Å²) in [4.78, 5) is 30.2. The maximum atomic E-state index is 13.4. The second kappa shape index (κ2) is 10.3. The fourth-order valence-corrected chi connectivity index (χ4v) is 3.90. The molecule has 172 valence electrons. The van der Waals surface area contributed by atoms with E-state index in [2.05, 4.69) is 10.3 Å². The Balaban J connectivity index is 1.56. The molecule has 0 aliphatic carbocycles. The summed E-state index contributed by atoms with van der Waals surface area (Å²) in [6.45, 7) is 3.64. The zero-order valence-corrected chi connectivity index (χ0v) is 19.1. The topological polar surface area (TPSA) is 68.3 Å². The lowest BCUT2D eigenvalue weighted by Crippen LogP contribution is -2.22. The second-order valence-electron chi connectivity index (χ2n) is 7.86. The first-order valence-corrected chi connectivity index (χ1v) is 11.2. The van der Waals surface area contributed by atoms with Crippen molar-refractivity contribution in [2.24, 2.45) is 0 Å². The summed E-state index contributed by atoms with van der Waals surface area (Å²) in [7, 11) is 0. The molecule has 0 aliphatic heterocycles. The zero-order chi connectivity index (χ0) is 24.1. The molecule has 1 amide bonds. The van der Waals surface area contributed by atoms with Crippen molar-refractivity contribution in [1.29, 1.82) is 0 Å². The standard InChI is InChI=1S/C28H25FN2O3/c1-3-18-8-7-9-19(4-2)27(18)31-26(32)17-34-28(33)23-16-25(20-12-14-21(29)15-13-20)30-24-11-6-5-10-22(23)24/h5-16H,3-4,17H2,1-2H3,(H,31,32). The second-order valence-corrected chi connectivity index (χ2v) is 7.86. The number of benzene rings is 3. The first-order chi connectivity index (χ1) is 16.5. The summed E-state index contributed by atoms with van der Waals surface area (Å²) in [5, 5.41) is 3.52. The van der Waals surface area contributed by atoms with Gasteiger partial charge in [0, 0.05) is 16.6 Å². The van der Waals surface area contributed by atoms with Gasteiger partial charge in [0.15, 0.2) is 6.61 Å². The molecule has 0 aliphatic rings. The number of hydrogen-bond acceptors (Lipinski definition) is 4. The monoisotopic (exact) mass is 456 g/mol. The van der Waals surface area contributed by atoms with Crippen LogP contribution in [0.3, 0.4) is 0 Å². The number of nitrogens with zero attached hydrogens (tertiary/aromatic N) is 1. The van der Waals surface area contributed by atoms with E-state index in [0.29, 0.717) is 27.7 Å². The van der Waals surface area contributed by atoms with E-state index < -0.39 is 18.5 Å². The van der Waals surface area contributed by atoms with E-state index in [1.54, 1.807) is 36.4 Å². The Labute approximate surface area is 197 Å². The Kier molecular flexibility index (Phi) is 6.97. The molecule has 1 aromatic heterocycles. The predicted octanol–water partition coefficient (Wildman–Crippen LogP) is 5.96. The van der Waals surface area contributed by atoms with Crippen LogP contribution >= 0.6 is 0 Å². The summed E-state index contributed by atoms with van der Waals surface area (Å²) >= 11 is 0. The first kappa shape index (κ1) is 23.1. The van der Waals surface area contributed by atoms with Crippen molar-refractivity contribution in [1.82, 2.24) is 4.98 Å². The Hall–Kier alpha value is -4.06. The van der Waals surface area contributed by atoms with Crippen LogP contribution in [0.2, 0.25) is 0 Å². The maximum Gasteiger partial charge on any atom is 0.339 e. The highest BCUT2D eigenvalue weighted by Gasteiger charge is 2.17. The average molecular weight is 457 g/mol. The van der Waals surface area contributed by atoms with Crippen molar-refractivity contribution in [3.8, 4) is 11.3 Å². The number of carbonyl (C=O) groups is 2. The molecule has 3 aromatic carbocycles. The minimum Gasteiger partial charge on any atom is -0.452 e. The lowest BCUT2D eigenvalue weighted by atomic mass is 10.0. The summed E-state index contributed by atoms with van der Waals surface area (Å²) in [6, 6.07) is 20.6. The third-order valence-corrected chi connectivity index (χ3v) is 5.67. The van der Waals surface area contributed by atoms with Crippen molar-refractivity contribution in [2.45, 2.75) is 26.7 Å². The summed E-state index contributed by atoms with van der Waals surface area (Å²) in [5.74, 6) is -1.39. The van der Waals surface area contributed by atoms with Crippen LogP contribution in [0.25, 0.3) is 22.2 Å². The zero-order valence-electron chi connectivity index (χ0n) is 19.1. The average Bonchev–Trinajstić information content (AvgIpc) is 2.87. The minimum absolute atomic E-state index is 0.293. The van der Waals surface area contributed by atoms with Crippen molar-refractivity contribution in [3.63, 3.8) is 0 Å². The molecule has 4 aromatic rings. The van der Waals surface area contributed by atoms with Crippen LogP contribution in [-0.2, 0) is 22.4 Å². The molecule has 0 unspecified atom stereocenters. The Bertz CT molecular complexity index is 1330. The van der Waals surface area contributed by atoms with Gasteiger partial charge in [-0.05, 0) is 60.4 Å². The maximum absolute atomic E-state index is 13.4. The van der Waals surface area contributed by atoms with Gasteiger partial charge < -0.3 is 10.1 Å². The lowest BCUT2D eigenvalue weighted by Gasteiger charge is -2.15. The number of ether oxygens (including phenoxy) is 1. The number of aromatic nitrogens is 1. The largest absolute Gasteiger partial charge is 0.452 e. The van der Waals surface area contributed by atoms with Gasteiger partial charge in [0.1, 0.15) is 5.82 Å². The molecule has 6 heteroatoms. The fraction of sp³-hybridized carbons (Fsp3) is 0.179. The molecule has 0 saturated carbocycles. The molecule has 0 atom stereocenters. The number of anilines is 1. The van der Waals surface area contributed by atoms with Gasteiger partial charge >= 0.3 is 5.97 Å². The summed E-state index contributed by atoms with van der Waals surface area (Å²) in [5.41, 5.74) is 4.92. The van der Waals surface area contributed by atoms with Crippen LogP contribution in [0.5, 0.6) is 0 Å². The van der Waals surface area contributed by atoms with Crippen molar-refractivity contribution in [2.75, 3.05) is 11.9 Å². The summed E-state index contributed by atoms with van der Waals surface area (Å²) < 4.78 is 18.7. The number of pyridine rings is 1. The van der Waals surface area contributed by atoms with Gasteiger partial charge in [0.2, 0.25) is 0 Å². The van der Waals surface area contributed by atoms with E-state index >= 15 is 0 Å². The Morgan fingerprint density at radius 3 is 2.26 bits per heavy atom. The van der Waals surface area contributed by atoms with Gasteiger partial charge in [-0.2, -0.15) is 0 Å². The molecule has 5 nitrogen and oxygen atoms in total. The minimum atomic E-state index is -0.628. The number of hydrogen-bond donors (Lipinski definition) is 1. The van der Waals surface area contributed by atoms with Crippen LogP contribution in [-0.4, -0.2) is 23.5 Å². The highest BCUT2D eigenvalue weighted by Crippen LogP contribution is 2.26. The molecule has 1 heterocycles. The molecule has 0 radical (unpaired) electrons. The van der Waals surface area contributed by atoms with E-state index in [0.717, 1.165) is 29.7 Å².